The maximum absolute atomic E-state index is 13.3. The Hall–Kier alpha value is -2.47. The van der Waals surface area contributed by atoms with E-state index in [1.54, 1.807) is 4.57 Å². The molecule has 0 saturated carbocycles. The smallest absolute Gasteiger partial charge is 0.311 e. The molecule has 1 atom stereocenters. The Morgan fingerprint density at radius 2 is 2.04 bits per heavy atom. The summed E-state index contributed by atoms with van der Waals surface area (Å²) >= 11 is 1.46. The Balaban J connectivity index is 2.07. The Kier molecular flexibility index (Phi) is 3.72. The lowest BCUT2D eigenvalue weighted by Gasteiger charge is -2.16. The molecule has 128 valence electrons. The normalized spacial score (nSPS) is 16.5. The molecule has 1 aliphatic carbocycles. The van der Waals surface area contributed by atoms with E-state index in [0.717, 1.165) is 10.4 Å². The minimum atomic E-state index is -0.860. The number of nitrogens with zero attached hydrogens (tertiary/aromatic N) is 2. The Morgan fingerprint density at radius 3 is 2.68 bits per heavy atom. The number of carbonyl (C=O) groups is 1. The van der Waals surface area contributed by atoms with Crippen molar-refractivity contribution in [3.05, 3.63) is 51.1 Å². The van der Waals surface area contributed by atoms with E-state index in [1.165, 1.54) is 11.3 Å². The van der Waals surface area contributed by atoms with Crippen molar-refractivity contribution in [1.82, 2.24) is 9.55 Å². The fourth-order valence-electron chi connectivity index (χ4n) is 3.62. The van der Waals surface area contributed by atoms with Crippen molar-refractivity contribution in [2.24, 2.45) is 0 Å². The number of thiophene rings is 1. The van der Waals surface area contributed by atoms with Crippen molar-refractivity contribution in [3.63, 3.8) is 0 Å². The van der Waals surface area contributed by atoms with Crippen molar-refractivity contribution >= 4 is 27.5 Å². The molecule has 2 aromatic heterocycles. The quantitative estimate of drug-likeness (QED) is 0.776. The Bertz CT molecular complexity index is 1030. The molecule has 4 rings (SSSR count). The molecule has 1 N–H and O–H groups in total. The number of aryl methyl sites for hydroxylation is 1. The van der Waals surface area contributed by atoms with E-state index in [4.69, 9.17) is 4.98 Å². The van der Waals surface area contributed by atoms with Crippen LogP contribution in [0.4, 0.5) is 0 Å². The van der Waals surface area contributed by atoms with Gasteiger partial charge in [0.25, 0.3) is 5.56 Å². The van der Waals surface area contributed by atoms with E-state index >= 15 is 0 Å². The summed E-state index contributed by atoms with van der Waals surface area (Å²) < 4.78 is 1.68. The van der Waals surface area contributed by atoms with E-state index in [9.17, 15) is 14.7 Å². The van der Waals surface area contributed by atoms with Gasteiger partial charge in [-0.1, -0.05) is 30.3 Å². The van der Waals surface area contributed by atoms with Crippen LogP contribution in [0.2, 0.25) is 0 Å². The van der Waals surface area contributed by atoms with Crippen LogP contribution in [0, 0.1) is 0 Å². The second-order valence-corrected chi connectivity index (χ2v) is 7.70. The van der Waals surface area contributed by atoms with Gasteiger partial charge in [-0.15, -0.1) is 11.3 Å². The number of rotatable bonds is 3. The fraction of sp³-hybridized carbons (Fsp3) is 0.316. The zero-order valence-corrected chi connectivity index (χ0v) is 14.8. The van der Waals surface area contributed by atoms with Gasteiger partial charge in [-0.3, -0.25) is 14.2 Å². The third-order valence-electron chi connectivity index (χ3n) is 4.73. The molecule has 6 heteroatoms. The number of carboxylic acids is 1. The van der Waals surface area contributed by atoms with Gasteiger partial charge in [0.05, 0.1) is 11.3 Å². The number of hydrogen-bond donors (Lipinski definition) is 1. The predicted molar refractivity (Wildman–Crippen MR) is 98.4 cm³/mol. The highest BCUT2D eigenvalue weighted by Crippen LogP contribution is 2.42. The summed E-state index contributed by atoms with van der Waals surface area (Å²) in [5.74, 6) is -0.817. The largest absolute Gasteiger partial charge is 0.481 e. The van der Waals surface area contributed by atoms with Crippen LogP contribution in [-0.4, -0.2) is 20.6 Å². The molecule has 0 saturated heterocycles. The SMILES string of the molecule is CC(C)n1c(-c2ccccc2)nc2sc3c(c2c1=O)C(C(=O)O)CC3. The third kappa shape index (κ3) is 2.40. The highest BCUT2D eigenvalue weighted by Gasteiger charge is 2.34. The summed E-state index contributed by atoms with van der Waals surface area (Å²) in [6.45, 7) is 3.89. The van der Waals surface area contributed by atoms with Crippen LogP contribution in [0.15, 0.2) is 35.1 Å². The van der Waals surface area contributed by atoms with Gasteiger partial charge in [-0.2, -0.15) is 0 Å². The van der Waals surface area contributed by atoms with Crippen molar-refractivity contribution in [2.45, 2.75) is 38.6 Å². The van der Waals surface area contributed by atoms with E-state index < -0.39 is 11.9 Å². The maximum Gasteiger partial charge on any atom is 0.311 e. The highest BCUT2D eigenvalue weighted by atomic mass is 32.1. The van der Waals surface area contributed by atoms with Gasteiger partial charge < -0.3 is 5.11 Å². The Morgan fingerprint density at radius 1 is 1.32 bits per heavy atom. The van der Waals surface area contributed by atoms with E-state index in [1.807, 2.05) is 44.2 Å². The summed E-state index contributed by atoms with van der Waals surface area (Å²) in [6.07, 6.45) is 1.27. The molecule has 0 amide bonds. The highest BCUT2D eigenvalue weighted by molar-refractivity contribution is 7.18. The lowest BCUT2D eigenvalue weighted by Crippen LogP contribution is -2.25. The minimum absolute atomic E-state index is 0.0696. The predicted octanol–water partition coefficient (Wildman–Crippen LogP) is 3.82. The zero-order chi connectivity index (χ0) is 17.7. The molecule has 0 spiro atoms. The van der Waals surface area contributed by atoms with Crippen LogP contribution in [-0.2, 0) is 11.2 Å². The summed E-state index contributed by atoms with van der Waals surface area (Å²) in [5, 5.41) is 10.0. The molecule has 0 aliphatic heterocycles. The van der Waals surface area contributed by atoms with Crippen molar-refractivity contribution in [1.29, 1.82) is 0 Å². The minimum Gasteiger partial charge on any atom is -0.481 e. The topological polar surface area (TPSA) is 72.2 Å². The van der Waals surface area contributed by atoms with Gasteiger partial charge in [0, 0.05) is 16.5 Å². The molecular formula is C19H18N2O3S. The summed E-state index contributed by atoms with van der Waals surface area (Å²) in [4.78, 5) is 31.3. The van der Waals surface area contributed by atoms with Crippen molar-refractivity contribution < 1.29 is 9.90 Å². The van der Waals surface area contributed by atoms with Crippen LogP contribution < -0.4 is 5.56 Å². The monoisotopic (exact) mass is 354 g/mol. The van der Waals surface area contributed by atoms with E-state index in [0.29, 0.717) is 34.4 Å². The third-order valence-corrected chi connectivity index (χ3v) is 5.89. The number of aliphatic carboxylic acids is 1. The first kappa shape index (κ1) is 16.0. The van der Waals surface area contributed by atoms with Crippen LogP contribution in [0.25, 0.3) is 21.6 Å². The molecule has 5 nitrogen and oxygen atoms in total. The zero-order valence-electron chi connectivity index (χ0n) is 14.0. The molecule has 1 unspecified atom stereocenters. The van der Waals surface area contributed by atoms with E-state index in [2.05, 4.69) is 0 Å². The molecule has 25 heavy (non-hydrogen) atoms. The van der Waals surface area contributed by atoms with Crippen LogP contribution >= 0.6 is 11.3 Å². The number of hydrogen-bond acceptors (Lipinski definition) is 4. The molecule has 3 aromatic rings. The second-order valence-electron chi connectivity index (χ2n) is 6.62. The molecule has 2 heterocycles. The number of benzene rings is 1. The van der Waals surface area contributed by atoms with Crippen molar-refractivity contribution in [2.75, 3.05) is 0 Å². The second kappa shape index (κ2) is 5.81. The average Bonchev–Trinajstić information content (AvgIpc) is 3.13. The molecular weight excluding hydrogens is 336 g/mol. The summed E-state index contributed by atoms with van der Waals surface area (Å²) in [5.41, 5.74) is 1.45. The molecule has 1 aliphatic rings. The Labute approximate surface area is 148 Å². The van der Waals surface area contributed by atoms with Crippen LogP contribution in [0.5, 0.6) is 0 Å². The first-order valence-corrected chi connectivity index (χ1v) is 9.16. The van der Waals surface area contributed by atoms with Gasteiger partial charge in [-0.25, -0.2) is 4.98 Å². The lowest BCUT2D eigenvalue weighted by atomic mass is 10.0. The maximum atomic E-state index is 13.3. The average molecular weight is 354 g/mol. The summed E-state index contributed by atoms with van der Waals surface area (Å²) in [7, 11) is 0. The van der Waals surface area contributed by atoms with Crippen LogP contribution in [0.3, 0.4) is 0 Å². The van der Waals surface area contributed by atoms with Crippen molar-refractivity contribution in [3.8, 4) is 11.4 Å². The first-order valence-electron chi connectivity index (χ1n) is 8.35. The molecule has 0 radical (unpaired) electrons. The molecule has 0 fully saturated rings. The summed E-state index contributed by atoms with van der Waals surface area (Å²) in [6, 6.07) is 9.58. The van der Waals surface area contributed by atoms with Gasteiger partial charge in [0.1, 0.15) is 10.7 Å². The number of fused-ring (bicyclic) bond motifs is 3. The molecule has 0 bridgehead atoms. The molecule has 1 aromatic carbocycles. The van der Waals surface area contributed by atoms with E-state index in [-0.39, 0.29) is 11.6 Å². The number of aromatic nitrogens is 2. The standard InChI is InChI=1S/C19H18N2O3S/c1-10(2)21-16(11-6-4-3-5-7-11)20-17-15(18(21)22)14-12(19(23)24)8-9-13(14)25-17/h3-7,10,12H,8-9H2,1-2H3,(H,23,24). The van der Waals surface area contributed by atoms with Gasteiger partial charge in [0.15, 0.2) is 0 Å². The number of carboxylic acid groups (broad SMARTS) is 1. The van der Waals surface area contributed by atoms with Gasteiger partial charge in [0.2, 0.25) is 0 Å². The van der Waals surface area contributed by atoms with Crippen LogP contribution in [0.1, 0.15) is 42.7 Å². The lowest BCUT2D eigenvalue weighted by molar-refractivity contribution is -0.138. The van der Waals surface area contributed by atoms with Gasteiger partial charge >= 0.3 is 5.97 Å². The first-order chi connectivity index (χ1) is 12.0. The fourth-order valence-corrected chi connectivity index (χ4v) is 4.86. The van der Waals surface area contributed by atoms with Gasteiger partial charge in [-0.05, 0) is 32.3 Å².